The van der Waals surface area contributed by atoms with Gasteiger partial charge in [0.25, 0.3) is 5.91 Å². The van der Waals surface area contributed by atoms with E-state index in [2.05, 4.69) is 17.5 Å². The van der Waals surface area contributed by atoms with Crippen LogP contribution in [0.3, 0.4) is 0 Å². The first kappa shape index (κ1) is 20.8. The average Bonchev–Trinajstić information content (AvgIpc) is 2.72. The summed E-state index contributed by atoms with van der Waals surface area (Å²) in [5.74, 6) is -0.866. The second-order valence-corrected chi connectivity index (χ2v) is 7.46. The molecular weight excluding hydrogens is 367 g/mol. The first-order chi connectivity index (χ1) is 14.0. The van der Waals surface area contributed by atoms with Gasteiger partial charge in [-0.25, -0.2) is 9.82 Å². The van der Waals surface area contributed by atoms with Crippen LogP contribution >= 0.6 is 0 Å². The minimum Gasteiger partial charge on any atom is -0.507 e. The summed E-state index contributed by atoms with van der Waals surface area (Å²) in [6.07, 6.45) is 5.55. The van der Waals surface area contributed by atoms with Gasteiger partial charge in [0.15, 0.2) is 0 Å². The Labute approximate surface area is 171 Å². The normalized spacial score (nSPS) is 18.7. The van der Waals surface area contributed by atoms with E-state index in [0.29, 0.717) is 11.1 Å². The maximum absolute atomic E-state index is 13.7. The number of amides is 1. The number of carbonyl (C=O) groups is 1. The van der Waals surface area contributed by atoms with Crippen molar-refractivity contribution in [3.8, 4) is 0 Å². The molecule has 0 spiro atoms. The minimum absolute atomic E-state index is 0.00145. The fourth-order valence-corrected chi connectivity index (χ4v) is 4.00. The first-order valence-corrected chi connectivity index (χ1v) is 10.1. The third-order valence-corrected chi connectivity index (χ3v) is 5.57. The lowest BCUT2D eigenvalue weighted by molar-refractivity contribution is -0.118. The summed E-state index contributed by atoms with van der Waals surface area (Å²) in [6, 6.07) is 13.9. The lowest BCUT2D eigenvalue weighted by atomic mass is 9.72. The summed E-state index contributed by atoms with van der Waals surface area (Å²) in [6.45, 7) is 4.13. The van der Waals surface area contributed by atoms with Crippen LogP contribution in [0.15, 0.2) is 59.2 Å². The summed E-state index contributed by atoms with van der Waals surface area (Å²) in [4.78, 5) is 12.8. The molecule has 0 aliphatic heterocycles. The van der Waals surface area contributed by atoms with Crippen LogP contribution in [-0.4, -0.2) is 17.2 Å². The molecule has 5 heteroatoms. The molecule has 2 atom stereocenters. The highest BCUT2D eigenvalue weighted by Crippen LogP contribution is 2.44. The third kappa shape index (κ3) is 4.56. The van der Waals surface area contributed by atoms with E-state index in [1.165, 1.54) is 12.3 Å². The van der Waals surface area contributed by atoms with Crippen molar-refractivity contribution in [2.24, 2.45) is 11.0 Å². The molecule has 1 aliphatic rings. The Balaban J connectivity index is 1.84. The van der Waals surface area contributed by atoms with Gasteiger partial charge in [0, 0.05) is 11.1 Å². The summed E-state index contributed by atoms with van der Waals surface area (Å²) >= 11 is 0. The van der Waals surface area contributed by atoms with Crippen molar-refractivity contribution >= 4 is 17.9 Å². The molecule has 0 bridgehead atoms. The molecule has 2 N–H and O–H groups in total. The monoisotopic (exact) mass is 394 g/mol. The van der Waals surface area contributed by atoms with E-state index in [0.717, 1.165) is 31.2 Å². The second-order valence-electron chi connectivity index (χ2n) is 7.46. The summed E-state index contributed by atoms with van der Waals surface area (Å²) < 4.78 is 13.7. The number of nitrogens with one attached hydrogen (secondary N) is 1. The van der Waals surface area contributed by atoms with Gasteiger partial charge in [-0.1, -0.05) is 75.6 Å². The van der Waals surface area contributed by atoms with Crippen LogP contribution < -0.4 is 5.43 Å². The summed E-state index contributed by atoms with van der Waals surface area (Å²) in [7, 11) is 0. The number of hydrazone groups is 1. The zero-order chi connectivity index (χ0) is 20.8. The Bertz CT molecular complexity index is 936. The van der Waals surface area contributed by atoms with Crippen molar-refractivity contribution in [1.82, 2.24) is 5.43 Å². The largest absolute Gasteiger partial charge is 0.507 e. The summed E-state index contributed by atoms with van der Waals surface area (Å²) in [5, 5.41) is 14.7. The van der Waals surface area contributed by atoms with Gasteiger partial charge in [-0.05, 0) is 29.9 Å². The molecule has 4 nitrogen and oxygen atoms in total. The van der Waals surface area contributed by atoms with E-state index in [1.807, 2.05) is 31.2 Å². The molecule has 0 heterocycles. The predicted octanol–water partition coefficient (Wildman–Crippen LogP) is 5.56. The quantitative estimate of drug-likeness (QED) is 0.367. The van der Waals surface area contributed by atoms with Crippen LogP contribution in [0.2, 0.25) is 0 Å². The maximum atomic E-state index is 13.7. The standard InChI is InChI=1S/C24H27FN2O2/c1-3-4-5-11-18-16(2)22(23(28)20-13-8-7-12-19(18)20)24(29)27-26-15-17-10-6-9-14-21(17)25/h6-10,12-16,18,28H,3-5,11H2,1-2H3,(H,27,29)/b26-15-/t16-,18-/m0/s1. The number of hydrogen-bond donors (Lipinski definition) is 2. The molecule has 152 valence electrons. The molecule has 0 unspecified atom stereocenters. The molecule has 0 saturated heterocycles. The van der Waals surface area contributed by atoms with Crippen molar-refractivity contribution in [3.05, 3.63) is 76.6 Å². The molecule has 0 aromatic heterocycles. The van der Waals surface area contributed by atoms with Crippen LogP contribution in [0.5, 0.6) is 0 Å². The number of fused-ring (bicyclic) bond motifs is 1. The fraction of sp³-hybridized carbons (Fsp3) is 0.333. The molecule has 0 fully saturated rings. The highest BCUT2D eigenvalue weighted by molar-refractivity contribution is 6.01. The van der Waals surface area contributed by atoms with E-state index in [-0.39, 0.29) is 23.2 Å². The molecule has 0 saturated carbocycles. The summed E-state index contributed by atoms with van der Waals surface area (Å²) in [5.41, 5.74) is 4.85. The number of unbranched alkanes of at least 4 members (excludes halogenated alkanes) is 2. The fourth-order valence-electron chi connectivity index (χ4n) is 4.00. The number of hydrogen-bond acceptors (Lipinski definition) is 3. The Morgan fingerprint density at radius 3 is 2.66 bits per heavy atom. The van der Waals surface area contributed by atoms with Crippen LogP contribution in [-0.2, 0) is 4.79 Å². The SMILES string of the molecule is CCCCC[C@@H]1c2ccccc2C(O)=C(C(=O)N/N=C\c2ccccc2F)[C@H]1C. The third-order valence-electron chi connectivity index (χ3n) is 5.57. The van der Waals surface area contributed by atoms with Crippen molar-refractivity contribution in [3.63, 3.8) is 0 Å². The highest BCUT2D eigenvalue weighted by Gasteiger charge is 2.35. The molecule has 29 heavy (non-hydrogen) atoms. The zero-order valence-corrected chi connectivity index (χ0v) is 16.9. The smallest absolute Gasteiger partial charge is 0.271 e. The number of carbonyl (C=O) groups excluding carboxylic acids is 1. The molecular formula is C24H27FN2O2. The Kier molecular flexibility index (Phi) is 6.81. The molecule has 2 aromatic rings. The van der Waals surface area contributed by atoms with Crippen LogP contribution in [0, 0.1) is 11.7 Å². The lowest BCUT2D eigenvalue weighted by Gasteiger charge is -2.32. The van der Waals surface area contributed by atoms with Crippen LogP contribution in [0.1, 0.15) is 62.1 Å². The van der Waals surface area contributed by atoms with Gasteiger partial charge in [0.05, 0.1) is 11.8 Å². The van der Waals surface area contributed by atoms with Crippen molar-refractivity contribution in [2.75, 3.05) is 0 Å². The number of halogens is 1. The number of rotatable bonds is 7. The second kappa shape index (κ2) is 9.50. The van der Waals surface area contributed by atoms with E-state index < -0.39 is 11.7 Å². The molecule has 0 radical (unpaired) electrons. The van der Waals surface area contributed by atoms with Crippen molar-refractivity contribution in [1.29, 1.82) is 0 Å². The molecule has 1 aliphatic carbocycles. The minimum atomic E-state index is -0.461. The van der Waals surface area contributed by atoms with Crippen LogP contribution in [0.25, 0.3) is 5.76 Å². The number of aliphatic hydroxyl groups is 1. The van der Waals surface area contributed by atoms with E-state index in [9.17, 15) is 14.3 Å². The van der Waals surface area contributed by atoms with Gasteiger partial charge in [-0.3, -0.25) is 4.79 Å². The Morgan fingerprint density at radius 1 is 1.17 bits per heavy atom. The number of nitrogens with zero attached hydrogens (tertiary/aromatic N) is 1. The molecule has 2 aromatic carbocycles. The maximum Gasteiger partial charge on any atom is 0.271 e. The molecule has 1 amide bonds. The first-order valence-electron chi connectivity index (χ1n) is 10.1. The van der Waals surface area contributed by atoms with Gasteiger partial charge in [-0.15, -0.1) is 0 Å². The van der Waals surface area contributed by atoms with Gasteiger partial charge in [0.2, 0.25) is 0 Å². The van der Waals surface area contributed by atoms with Gasteiger partial charge in [-0.2, -0.15) is 5.10 Å². The predicted molar refractivity (Wildman–Crippen MR) is 114 cm³/mol. The Morgan fingerprint density at radius 2 is 1.90 bits per heavy atom. The Hall–Kier alpha value is -2.95. The van der Waals surface area contributed by atoms with Gasteiger partial charge >= 0.3 is 0 Å². The van der Waals surface area contributed by atoms with Crippen molar-refractivity contribution in [2.45, 2.75) is 45.4 Å². The number of benzene rings is 2. The average molecular weight is 394 g/mol. The lowest BCUT2D eigenvalue weighted by Crippen LogP contribution is -2.30. The zero-order valence-electron chi connectivity index (χ0n) is 16.9. The highest BCUT2D eigenvalue weighted by atomic mass is 19.1. The van der Waals surface area contributed by atoms with Gasteiger partial charge in [0.1, 0.15) is 11.6 Å². The van der Waals surface area contributed by atoms with Crippen molar-refractivity contribution < 1.29 is 14.3 Å². The van der Waals surface area contributed by atoms with Crippen LogP contribution in [0.4, 0.5) is 4.39 Å². The topological polar surface area (TPSA) is 61.7 Å². The van der Waals surface area contributed by atoms with E-state index in [1.54, 1.807) is 18.2 Å². The van der Waals surface area contributed by atoms with E-state index >= 15 is 0 Å². The number of aliphatic hydroxyl groups excluding tert-OH is 1. The van der Waals surface area contributed by atoms with E-state index in [4.69, 9.17) is 0 Å². The van der Waals surface area contributed by atoms with Gasteiger partial charge < -0.3 is 5.11 Å². The molecule has 3 rings (SSSR count).